The fourth-order valence-electron chi connectivity index (χ4n) is 4.81. The van der Waals surface area contributed by atoms with Crippen LogP contribution >= 0.6 is 0 Å². The second kappa shape index (κ2) is 10.5. The molecule has 0 radical (unpaired) electrons. The van der Waals surface area contributed by atoms with E-state index in [0.29, 0.717) is 22.8 Å². The zero-order valence-corrected chi connectivity index (χ0v) is 20.9. The fraction of sp³-hybridized carbons (Fsp3) is 0.444. The SMILES string of the molecule is CCOCC1CCN(c2nc3c(C(C)Nc4ccccc4C(=O)O)cc(C)cn3c(=O)c2C)CC1. The Kier molecular flexibility index (Phi) is 7.40. The topological polar surface area (TPSA) is 96.2 Å². The quantitative estimate of drug-likeness (QED) is 0.494. The number of anilines is 2. The van der Waals surface area contributed by atoms with E-state index in [1.54, 1.807) is 28.7 Å². The van der Waals surface area contributed by atoms with Crippen LogP contribution in [0.1, 0.15) is 59.8 Å². The van der Waals surface area contributed by atoms with Crippen molar-refractivity contribution in [2.45, 2.75) is 46.6 Å². The normalized spacial score (nSPS) is 15.4. The van der Waals surface area contributed by atoms with Crippen molar-refractivity contribution in [2.24, 2.45) is 5.92 Å². The molecule has 0 bridgehead atoms. The smallest absolute Gasteiger partial charge is 0.337 e. The number of carboxylic acids is 1. The summed E-state index contributed by atoms with van der Waals surface area (Å²) < 4.78 is 7.23. The minimum atomic E-state index is -0.991. The lowest BCUT2D eigenvalue weighted by Crippen LogP contribution is -2.37. The van der Waals surface area contributed by atoms with Crippen molar-refractivity contribution in [3.8, 4) is 0 Å². The number of piperidine rings is 1. The highest BCUT2D eigenvalue weighted by atomic mass is 16.5. The number of carboxylic acid groups (broad SMARTS) is 1. The summed E-state index contributed by atoms with van der Waals surface area (Å²) in [5.74, 6) is 0.271. The maximum Gasteiger partial charge on any atom is 0.337 e. The van der Waals surface area contributed by atoms with Gasteiger partial charge in [0.2, 0.25) is 0 Å². The number of ether oxygens (including phenoxy) is 1. The van der Waals surface area contributed by atoms with Gasteiger partial charge in [0.15, 0.2) is 0 Å². The fourth-order valence-corrected chi connectivity index (χ4v) is 4.81. The van der Waals surface area contributed by atoms with Gasteiger partial charge in [-0.1, -0.05) is 12.1 Å². The molecule has 1 aliphatic heterocycles. The summed E-state index contributed by atoms with van der Waals surface area (Å²) in [4.78, 5) is 32.3. The van der Waals surface area contributed by atoms with Crippen molar-refractivity contribution in [2.75, 3.05) is 36.5 Å². The van der Waals surface area contributed by atoms with E-state index in [0.717, 1.165) is 56.1 Å². The van der Waals surface area contributed by atoms with E-state index in [1.807, 2.05) is 40.0 Å². The van der Waals surface area contributed by atoms with E-state index in [2.05, 4.69) is 10.2 Å². The number of rotatable bonds is 8. The van der Waals surface area contributed by atoms with E-state index < -0.39 is 5.97 Å². The van der Waals surface area contributed by atoms with Crippen LogP contribution in [0.15, 0.2) is 41.3 Å². The maximum atomic E-state index is 13.4. The lowest BCUT2D eigenvalue weighted by molar-refractivity contribution is 0.0698. The number of benzene rings is 1. The molecule has 2 N–H and O–H groups in total. The van der Waals surface area contributed by atoms with Gasteiger partial charge in [-0.3, -0.25) is 9.20 Å². The van der Waals surface area contributed by atoms with Crippen LogP contribution < -0.4 is 15.8 Å². The Labute approximate surface area is 205 Å². The molecule has 0 saturated carbocycles. The van der Waals surface area contributed by atoms with E-state index >= 15 is 0 Å². The molecule has 3 heterocycles. The average Bonchev–Trinajstić information content (AvgIpc) is 2.85. The molecule has 4 rings (SSSR count). The van der Waals surface area contributed by atoms with Gasteiger partial charge in [0.25, 0.3) is 5.56 Å². The second-order valence-electron chi connectivity index (χ2n) is 9.34. The Balaban J connectivity index is 1.71. The van der Waals surface area contributed by atoms with Crippen LogP contribution in [-0.2, 0) is 4.74 Å². The van der Waals surface area contributed by atoms with Crippen molar-refractivity contribution >= 4 is 23.1 Å². The molecule has 35 heavy (non-hydrogen) atoms. The predicted octanol–water partition coefficient (Wildman–Crippen LogP) is 4.44. The molecule has 0 spiro atoms. The van der Waals surface area contributed by atoms with Crippen LogP contribution in [0, 0.1) is 19.8 Å². The molecular formula is C27H34N4O4. The molecule has 2 aromatic heterocycles. The van der Waals surface area contributed by atoms with E-state index in [4.69, 9.17) is 9.72 Å². The third kappa shape index (κ3) is 5.17. The Morgan fingerprint density at radius 2 is 1.97 bits per heavy atom. The minimum absolute atomic E-state index is 0.0791. The first-order valence-corrected chi connectivity index (χ1v) is 12.2. The summed E-state index contributed by atoms with van der Waals surface area (Å²) >= 11 is 0. The van der Waals surface area contributed by atoms with Crippen LogP contribution in [0.4, 0.5) is 11.5 Å². The number of aryl methyl sites for hydroxylation is 1. The Morgan fingerprint density at radius 1 is 1.26 bits per heavy atom. The Hall–Kier alpha value is -3.39. The van der Waals surface area contributed by atoms with Gasteiger partial charge in [-0.15, -0.1) is 0 Å². The first-order chi connectivity index (χ1) is 16.8. The van der Waals surface area contributed by atoms with Crippen molar-refractivity contribution in [1.29, 1.82) is 0 Å². The Morgan fingerprint density at radius 3 is 2.66 bits per heavy atom. The van der Waals surface area contributed by atoms with E-state index in [-0.39, 0.29) is 17.2 Å². The van der Waals surface area contributed by atoms with Gasteiger partial charge in [-0.2, -0.15) is 0 Å². The summed E-state index contributed by atoms with van der Waals surface area (Å²) in [6, 6.07) is 8.57. The monoisotopic (exact) mass is 478 g/mol. The predicted molar refractivity (Wildman–Crippen MR) is 138 cm³/mol. The largest absolute Gasteiger partial charge is 0.478 e. The molecule has 8 nitrogen and oxygen atoms in total. The third-order valence-corrected chi connectivity index (χ3v) is 6.76. The number of nitrogens with one attached hydrogen (secondary N) is 1. The minimum Gasteiger partial charge on any atom is -0.478 e. The summed E-state index contributed by atoms with van der Waals surface area (Å²) in [5, 5.41) is 12.9. The first kappa shape index (κ1) is 24.7. The third-order valence-electron chi connectivity index (χ3n) is 6.76. The Bertz CT molecular complexity index is 1280. The van der Waals surface area contributed by atoms with Crippen molar-refractivity contribution < 1.29 is 14.6 Å². The van der Waals surface area contributed by atoms with Gasteiger partial charge in [-0.25, -0.2) is 9.78 Å². The summed E-state index contributed by atoms with van der Waals surface area (Å²) in [5.41, 5.74) is 3.65. The molecule has 1 aromatic carbocycles. The number of hydrogen-bond donors (Lipinski definition) is 2. The average molecular weight is 479 g/mol. The lowest BCUT2D eigenvalue weighted by atomic mass is 9.97. The molecule has 3 aromatic rings. The number of nitrogens with zero attached hydrogens (tertiary/aromatic N) is 3. The molecule has 1 atom stereocenters. The van der Waals surface area contributed by atoms with Crippen LogP contribution in [0.2, 0.25) is 0 Å². The number of para-hydroxylation sites is 1. The van der Waals surface area contributed by atoms with Gasteiger partial charge in [0.05, 0.1) is 17.2 Å². The van der Waals surface area contributed by atoms with Crippen molar-refractivity contribution in [3.05, 3.63) is 69.1 Å². The van der Waals surface area contributed by atoms with Gasteiger partial charge >= 0.3 is 5.97 Å². The van der Waals surface area contributed by atoms with Gasteiger partial charge < -0.3 is 20.1 Å². The van der Waals surface area contributed by atoms with Gasteiger partial charge in [0, 0.05) is 43.8 Å². The number of aromatic nitrogens is 2. The number of hydrogen-bond acceptors (Lipinski definition) is 6. The first-order valence-electron chi connectivity index (χ1n) is 12.2. The van der Waals surface area contributed by atoms with Crippen molar-refractivity contribution in [3.63, 3.8) is 0 Å². The molecule has 1 unspecified atom stereocenters. The molecule has 0 amide bonds. The van der Waals surface area contributed by atoms with Crippen molar-refractivity contribution in [1.82, 2.24) is 9.38 Å². The maximum absolute atomic E-state index is 13.4. The lowest BCUT2D eigenvalue weighted by Gasteiger charge is -2.33. The van der Waals surface area contributed by atoms with Crippen LogP contribution in [0.5, 0.6) is 0 Å². The van der Waals surface area contributed by atoms with Gasteiger partial charge in [0.1, 0.15) is 11.5 Å². The highest BCUT2D eigenvalue weighted by molar-refractivity contribution is 5.94. The summed E-state index contributed by atoms with van der Waals surface area (Å²) in [7, 11) is 0. The molecule has 8 heteroatoms. The standard InChI is InChI=1S/C27H34N4O4/c1-5-35-16-20-10-12-30(13-11-20)24-18(3)26(32)31-15-17(2)14-22(25(31)29-24)19(4)28-23-9-7-6-8-21(23)27(33)34/h6-9,14-15,19-20,28H,5,10-13,16H2,1-4H3,(H,33,34). The summed E-state index contributed by atoms with van der Waals surface area (Å²) in [6.07, 6.45) is 3.83. The molecule has 1 fully saturated rings. The zero-order chi connectivity index (χ0) is 25.1. The van der Waals surface area contributed by atoms with E-state index in [1.165, 1.54) is 0 Å². The molecule has 1 saturated heterocycles. The number of carbonyl (C=O) groups is 1. The van der Waals surface area contributed by atoms with Crippen LogP contribution in [0.25, 0.3) is 5.65 Å². The highest BCUT2D eigenvalue weighted by Crippen LogP contribution is 2.28. The van der Waals surface area contributed by atoms with Crippen LogP contribution in [0.3, 0.4) is 0 Å². The second-order valence-corrected chi connectivity index (χ2v) is 9.34. The number of aromatic carboxylic acids is 1. The number of fused-ring (bicyclic) bond motifs is 1. The van der Waals surface area contributed by atoms with Gasteiger partial charge in [-0.05, 0) is 70.2 Å². The molecule has 0 aliphatic carbocycles. The molecule has 186 valence electrons. The van der Waals surface area contributed by atoms with E-state index in [9.17, 15) is 14.7 Å². The summed E-state index contributed by atoms with van der Waals surface area (Å²) in [6.45, 7) is 10.9. The number of pyridine rings is 1. The highest BCUT2D eigenvalue weighted by Gasteiger charge is 2.24. The molecular weight excluding hydrogens is 444 g/mol. The molecule has 1 aliphatic rings. The van der Waals surface area contributed by atoms with Crippen LogP contribution in [-0.4, -0.2) is 46.8 Å². The zero-order valence-electron chi connectivity index (χ0n) is 20.9.